The molecule has 112 valence electrons. The molecule has 0 unspecified atom stereocenters. The summed E-state index contributed by atoms with van der Waals surface area (Å²) in [6.45, 7) is 6.01. The van der Waals surface area contributed by atoms with Crippen molar-refractivity contribution in [3.63, 3.8) is 0 Å². The van der Waals surface area contributed by atoms with Crippen LogP contribution in [0.4, 0.5) is 13.2 Å². The molecule has 0 aliphatic carbocycles. The van der Waals surface area contributed by atoms with E-state index in [4.69, 9.17) is 0 Å². The van der Waals surface area contributed by atoms with Gasteiger partial charge in [-0.25, -0.2) is 4.68 Å². The monoisotopic (exact) mass is 297 g/mol. The maximum atomic E-state index is 13.0. The van der Waals surface area contributed by atoms with Crippen LogP contribution in [0.5, 0.6) is 0 Å². The van der Waals surface area contributed by atoms with E-state index in [2.05, 4.69) is 10.3 Å². The first-order valence-corrected chi connectivity index (χ1v) is 6.23. The van der Waals surface area contributed by atoms with E-state index in [0.717, 1.165) is 5.56 Å². The lowest BCUT2D eigenvalue weighted by atomic mass is 9.87. The fraction of sp³-hybridized carbons (Fsp3) is 0.357. The van der Waals surface area contributed by atoms with Crippen molar-refractivity contribution in [2.45, 2.75) is 32.4 Å². The van der Waals surface area contributed by atoms with Crippen LogP contribution >= 0.6 is 0 Å². The summed E-state index contributed by atoms with van der Waals surface area (Å²) < 4.78 is 39.7. The molecule has 0 saturated carbocycles. The highest BCUT2D eigenvalue weighted by molar-refractivity contribution is 5.73. The average Bonchev–Trinajstić information content (AvgIpc) is 2.81. The third-order valence-electron chi connectivity index (χ3n) is 3.05. The van der Waals surface area contributed by atoms with Crippen molar-refractivity contribution in [3.05, 3.63) is 41.2 Å². The first-order chi connectivity index (χ1) is 9.64. The minimum Gasteiger partial charge on any atom is -0.296 e. The Morgan fingerprint density at radius 2 is 1.67 bits per heavy atom. The second-order valence-corrected chi connectivity index (χ2v) is 5.65. The third-order valence-corrected chi connectivity index (χ3v) is 3.05. The van der Waals surface area contributed by atoms with E-state index in [1.807, 2.05) is 20.8 Å². The van der Waals surface area contributed by atoms with E-state index in [1.54, 1.807) is 12.1 Å². The van der Waals surface area contributed by atoms with Gasteiger partial charge in [0.2, 0.25) is 0 Å². The lowest BCUT2D eigenvalue weighted by molar-refractivity contribution is -0.143. The van der Waals surface area contributed by atoms with Gasteiger partial charge in [0.1, 0.15) is 0 Å². The molecule has 1 heterocycles. The lowest BCUT2D eigenvalue weighted by Gasteiger charge is -2.19. The average molecular weight is 297 g/mol. The van der Waals surface area contributed by atoms with Crippen molar-refractivity contribution in [1.29, 1.82) is 0 Å². The SMILES string of the molecule is CC(C)(C)c1ccc(-n2nnc(C=O)c2C(F)(F)F)cc1. The van der Waals surface area contributed by atoms with Gasteiger partial charge in [-0.05, 0) is 23.1 Å². The van der Waals surface area contributed by atoms with Crippen molar-refractivity contribution in [3.8, 4) is 5.69 Å². The molecule has 2 aromatic rings. The Kier molecular flexibility index (Phi) is 3.61. The highest BCUT2D eigenvalue weighted by Crippen LogP contribution is 2.32. The van der Waals surface area contributed by atoms with Crippen LogP contribution in [-0.4, -0.2) is 21.3 Å². The minimum atomic E-state index is -4.71. The smallest absolute Gasteiger partial charge is 0.296 e. The van der Waals surface area contributed by atoms with Crippen LogP contribution in [0.1, 0.15) is 42.5 Å². The Morgan fingerprint density at radius 1 is 1.10 bits per heavy atom. The van der Waals surface area contributed by atoms with Crippen LogP contribution in [0.25, 0.3) is 5.69 Å². The highest BCUT2D eigenvalue weighted by Gasteiger charge is 2.39. The molecule has 0 amide bonds. The predicted molar refractivity (Wildman–Crippen MR) is 70.4 cm³/mol. The van der Waals surface area contributed by atoms with Gasteiger partial charge in [0.15, 0.2) is 17.7 Å². The Labute approximate surface area is 119 Å². The van der Waals surface area contributed by atoms with Gasteiger partial charge in [-0.15, -0.1) is 5.10 Å². The van der Waals surface area contributed by atoms with E-state index in [0.29, 0.717) is 4.68 Å². The number of benzene rings is 1. The van der Waals surface area contributed by atoms with Crippen LogP contribution in [-0.2, 0) is 11.6 Å². The molecule has 1 aromatic carbocycles. The van der Waals surface area contributed by atoms with Crippen LogP contribution in [0.3, 0.4) is 0 Å². The van der Waals surface area contributed by atoms with Crippen molar-refractivity contribution >= 4 is 6.29 Å². The molecule has 0 N–H and O–H groups in total. The second kappa shape index (κ2) is 4.98. The van der Waals surface area contributed by atoms with Crippen LogP contribution < -0.4 is 0 Å². The zero-order chi connectivity index (χ0) is 15.8. The van der Waals surface area contributed by atoms with E-state index >= 15 is 0 Å². The molecule has 0 radical (unpaired) electrons. The number of hydrogen-bond acceptors (Lipinski definition) is 3. The maximum Gasteiger partial charge on any atom is 0.435 e. The van der Waals surface area contributed by atoms with Crippen LogP contribution in [0.2, 0.25) is 0 Å². The van der Waals surface area contributed by atoms with Crippen molar-refractivity contribution < 1.29 is 18.0 Å². The fourth-order valence-electron chi connectivity index (χ4n) is 1.92. The number of hydrogen-bond donors (Lipinski definition) is 0. The largest absolute Gasteiger partial charge is 0.435 e. The minimum absolute atomic E-state index is 0.0514. The van der Waals surface area contributed by atoms with Gasteiger partial charge in [-0.2, -0.15) is 13.2 Å². The second-order valence-electron chi connectivity index (χ2n) is 5.65. The van der Waals surface area contributed by atoms with E-state index in [1.165, 1.54) is 12.1 Å². The Balaban J connectivity index is 2.53. The number of nitrogens with zero attached hydrogens (tertiary/aromatic N) is 3. The molecule has 1 aromatic heterocycles. The Hall–Kier alpha value is -2.18. The summed E-state index contributed by atoms with van der Waals surface area (Å²) in [4.78, 5) is 10.7. The molecule has 0 aliphatic heterocycles. The van der Waals surface area contributed by atoms with Gasteiger partial charge in [-0.3, -0.25) is 4.79 Å². The van der Waals surface area contributed by atoms with E-state index in [9.17, 15) is 18.0 Å². The number of aromatic nitrogens is 3. The van der Waals surface area contributed by atoms with Crippen LogP contribution in [0, 0.1) is 0 Å². The molecule has 0 fully saturated rings. The topological polar surface area (TPSA) is 47.8 Å². The molecule has 0 saturated heterocycles. The Bertz CT molecular complexity index is 652. The number of alkyl halides is 3. The first-order valence-electron chi connectivity index (χ1n) is 6.23. The molecule has 2 rings (SSSR count). The predicted octanol–water partition coefficient (Wildman–Crippen LogP) is 3.40. The van der Waals surface area contributed by atoms with E-state index in [-0.39, 0.29) is 17.4 Å². The quantitative estimate of drug-likeness (QED) is 0.798. The zero-order valence-electron chi connectivity index (χ0n) is 11.8. The Morgan fingerprint density at radius 3 is 2.10 bits per heavy atom. The van der Waals surface area contributed by atoms with Gasteiger partial charge >= 0.3 is 6.18 Å². The summed E-state index contributed by atoms with van der Waals surface area (Å²) in [5.41, 5.74) is -0.809. The third kappa shape index (κ3) is 2.96. The summed E-state index contributed by atoms with van der Waals surface area (Å²) in [7, 11) is 0. The molecule has 4 nitrogen and oxygen atoms in total. The van der Waals surface area contributed by atoms with Gasteiger partial charge in [0, 0.05) is 0 Å². The highest BCUT2D eigenvalue weighted by atomic mass is 19.4. The number of halogens is 3. The molecular formula is C14H14F3N3O. The summed E-state index contributed by atoms with van der Waals surface area (Å²) >= 11 is 0. The number of carbonyl (C=O) groups is 1. The standard InChI is InChI=1S/C14H14F3N3O/c1-13(2,3)9-4-6-10(7-5-9)20-12(14(15,16)17)11(8-21)18-19-20/h4-8H,1-3H3. The van der Waals surface area contributed by atoms with Crippen molar-refractivity contribution in [2.24, 2.45) is 0 Å². The summed E-state index contributed by atoms with van der Waals surface area (Å²) in [5, 5.41) is 6.70. The van der Waals surface area contributed by atoms with Gasteiger partial charge < -0.3 is 0 Å². The zero-order valence-corrected chi connectivity index (χ0v) is 11.8. The van der Waals surface area contributed by atoms with Crippen LogP contribution in [0.15, 0.2) is 24.3 Å². The molecule has 0 spiro atoms. The lowest BCUT2D eigenvalue weighted by Crippen LogP contribution is -2.16. The van der Waals surface area contributed by atoms with Crippen molar-refractivity contribution in [1.82, 2.24) is 15.0 Å². The van der Waals surface area contributed by atoms with Gasteiger partial charge in [0.05, 0.1) is 5.69 Å². The number of carbonyl (C=O) groups excluding carboxylic acids is 1. The molecule has 0 aliphatic rings. The molecule has 0 atom stereocenters. The number of aldehydes is 1. The fourth-order valence-corrected chi connectivity index (χ4v) is 1.92. The molecule has 7 heteroatoms. The maximum absolute atomic E-state index is 13.0. The van der Waals surface area contributed by atoms with Gasteiger partial charge in [-0.1, -0.05) is 38.1 Å². The number of rotatable bonds is 2. The summed E-state index contributed by atoms with van der Waals surface area (Å²) in [5.74, 6) is 0. The normalized spacial score (nSPS) is 12.5. The first kappa shape index (κ1) is 15.2. The van der Waals surface area contributed by atoms with Gasteiger partial charge in [0.25, 0.3) is 0 Å². The van der Waals surface area contributed by atoms with E-state index < -0.39 is 17.6 Å². The molecule has 0 bridgehead atoms. The molecule has 21 heavy (non-hydrogen) atoms. The summed E-state index contributed by atoms with van der Waals surface area (Å²) in [6, 6.07) is 6.52. The summed E-state index contributed by atoms with van der Waals surface area (Å²) in [6.07, 6.45) is -4.65. The van der Waals surface area contributed by atoms with Crippen molar-refractivity contribution in [2.75, 3.05) is 0 Å². The molecular weight excluding hydrogens is 283 g/mol.